The van der Waals surface area contributed by atoms with Crippen LogP contribution in [-0.2, 0) is 4.79 Å². The van der Waals surface area contributed by atoms with Crippen molar-refractivity contribution >= 4 is 17.7 Å². The second-order valence-electron chi connectivity index (χ2n) is 4.80. The quantitative estimate of drug-likeness (QED) is 0.651. The number of hydrogen-bond acceptors (Lipinski definition) is 4. The average molecular weight is 322 g/mol. The number of amides is 1. The molecule has 0 aliphatic rings. The number of carbonyl (C=O) groups excluding carboxylic acids is 1. The van der Waals surface area contributed by atoms with Crippen molar-refractivity contribution < 1.29 is 14.3 Å². The Balaban J connectivity index is 2.27. The molecule has 0 aliphatic heterocycles. The lowest BCUT2D eigenvalue weighted by atomic mass is 10.1. The van der Waals surface area contributed by atoms with Crippen LogP contribution in [0.3, 0.4) is 0 Å². The molecule has 1 amide bonds. The lowest BCUT2D eigenvalue weighted by molar-refractivity contribution is -0.112. The zero-order valence-corrected chi connectivity index (χ0v) is 13.6. The van der Waals surface area contributed by atoms with Crippen LogP contribution in [0, 0.1) is 11.3 Å². The molecule has 0 saturated heterocycles. The van der Waals surface area contributed by atoms with Gasteiger partial charge in [-0.2, -0.15) is 5.26 Å². The van der Waals surface area contributed by atoms with Gasteiger partial charge in [-0.15, -0.1) is 0 Å². The molecule has 2 rings (SSSR count). The number of nitriles is 1. The van der Waals surface area contributed by atoms with Gasteiger partial charge in [0.15, 0.2) is 0 Å². The summed E-state index contributed by atoms with van der Waals surface area (Å²) in [4.78, 5) is 12.4. The summed E-state index contributed by atoms with van der Waals surface area (Å²) in [5.74, 6) is 0.645. The maximum Gasteiger partial charge on any atom is 0.266 e. The molecule has 0 bridgehead atoms. The number of carbonyl (C=O) groups is 1. The van der Waals surface area contributed by atoms with Gasteiger partial charge in [0.1, 0.15) is 23.1 Å². The van der Waals surface area contributed by atoms with Crippen molar-refractivity contribution in [3.63, 3.8) is 0 Å². The molecule has 24 heavy (non-hydrogen) atoms. The van der Waals surface area contributed by atoms with Crippen LogP contribution in [0.15, 0.2) is 54.1 Å². The minimum atomic E-state index is -0.504. The molecule has 0 aromatic heterocycles. The summed E-state index contributed by atoms with van der Waals surface area (Å²) in [6.07, 6.45) is 1.50. The predicted molar refractivity (Wildman–Crippen MR) is 92.8 cm³/mol. The number of rotatable bonds is 6. The van der Waals surface area contributed by atoms with Crippen LogP contribution in [0.25, 0.3) is 6.08 Å². The Bertz CT molecular complexity index is 791. The largest absolute Gasteiger partial charge is 0.496 e. The van der Waals surface area contributed by atoms with Gasteiger partial charge in [-0.25, -0.2) is 0 Å². The van der Waals surface area contributed by atoms with Crippen molar-refractivity contribution in [3.8, 4) is 17.6 Å². The zero-order valence-electron chi connectivity index (χ0n) is 13.6. The van der Waals surface area contributed by atoms with Crippen molar-refractivity contribution in [2.75, 3.05) is 19.0 Å². The van der Waals surface area contributed by atoms with Crippen LogP contribution in [-0.4, -0.2) is 19.6 Å². The van der Waals surface area contributed by atoms with Crippen molar-refractivity contribution in [2.24, 2.45) is 0 Å². The third-order valence-electron chi connectivity index (χ3n) is 3.24. The van der Waals surface area contributed by atoms with Gasteiger partial charge in [0.2, 0.25) is 0 Å². The van der Waals surface area contributed by atoms with E-state index in [-0.39, 0.29) is 5.57 Å². The van der Waals surface area contributed by atoms with Gasteiger partial charge in [0, 0.05) is 5.56 Å². The first-order valence-electron chi connectivity index (χ1n) is 7.47. The molecular formula is C19H18N2O3. The Morgan fingerprint density at radius 1 is 1.17 bits per heavy atom. The van der Waals surface area contributed by atoms with Crippen molar-refractivity contribution in [1.82, 2.24) is 0 Å². The van der Waals surface area contributed by atoms with E-state index in [0.717, 1.165) is 0 Å². The molecule has 122 valence electrons. The summed E-state index contributed by atoms with van der Waals surface area (Å²) in [6.45, 7) is 2.34. The van der Waals surface area contributed by atoms with Gasteiger partial charge in [-0.05, 0) is 31.2 Å². The van der Waals surface area contributed by atoms with E-state index >= 15 is 0 Å². The van der Waals surface area contributed by atoms with E-state index in [9.17, 15) is 10.1 Å². The van der Waals surface area contributed by atoms with Crippen LogP contribution in [0.4, 0.5) is 5.69 Å². The number of methoxy groups -OCH3 is 1. The van der Waals surface area contributed by atoms with E-state index in [1.54, 1.807) is 30.3 Å². The smallest absolute Gasteiger partial charge is 0.266 e. The number of para-hydroxylation sites is 3. The molecule has 0 saturated carbocycles. The highest BCUT2D eigenvalue weighted by Gasteiger charge is 2.13. The van der Waals surface area contributed by atoms with E-state index < -0.39 is 5.91 Å². The van der Waals surface area contributed by atoms with Crippen LogP contribution in [0.1, 0.15) is 12.5 Å². The summed E-state index contributed by atoms with van der Waals surface area (Å²) < 4.78 is 10.7. The van der Waals surface area contributed by atoms with Crippen molar-refractivity contribution in [2.45, 2.75) is 6.92 Å². The minimum Gasteiger partial charge on any atom is -0.496 e. The van der Waals surface area contributed by atoms with Gasteiger partial charge < -0.3 is 14.8 Å². The van der Waals surface area contributed by atoms with Gasteiger partial charge in [0.05, 0.1) is 19.4 Å². The number of ether oxygens (including phenoxy) is 2. The second-order valence-corrected chi connectivity index (χ2v) is 4.80. The predicted octanol–water partition coefficient (Wildman–Crippen LogP) is 3.64. The van der Waals surface area contributed by atoms with E-state index in [1.807, 2.05) is 31.2 Å². The fraction of sp³-hybridized carbons (Fsp3) is 0.158. The maximum atomic E-state index is 12.4. The highest BCUT2D eigenvalue weighted by molar-refractivity contribution is 6.10. The van der Waals surface area contributed by atoms with Gasteiger partial charge in [0.25, 0.3) is 5.91 Å². The fourth-order valence-electron chi connectivity index (χ4n) is 2.13. The average Bonchev–Trinajstić information content (AvgIpc) is 2.61. The van der Waals surface area contributed by atoms with Gasteiger partial charge in [-0.3, -0.25) is 4.79 Å². The number of hydrogen-bond donors (Lipinski definition) is 1. The van der Waals surface area contributed by atoms with E-state index in [4.69, 9.17) is 9.47 Å². The Kier molecular flexibility index (Phi) is 5.98. The fourth-order valence-corrected chi connectivity index (χ4v) is 2.13. The molecule has 2 aromatic carbocycles. The summed E-state index contributed by atoms with van der Waals surface area (Å²) in [5.41, 5.74) is 1.15. The lowest BCUT2D eigenvalue weighted by Crippen LogP contribution is -2.14. The molecule has 5 heteroatoms. The molecule has 0 fully saturated rings. The first-order chi connectivity index (χ1) is 11.7. The Labute approximate surface area is 141 Å². The molecule has 2 aromatic rings. The molecular weight excluding hydrogens is 304 g/mol. The summed E-state index contributed by atoms with van der Waals surface area (Å²) in [6, 6.07) is 16.2. The molecule has 0 radical (unpaired) electrons. The molecule has 0 aliphatic carbocycles. The van der Waals surface area contributed by atoms with Gasteiger partial charge >= 0.3 is 0 Å². The summed E-state index contributed by atoms with van der Waals surface area (Å²) in [7, 11) is 1.54. The maximum absolute atomic E-state index is 12.4. The Hall–Kier alpha value is -3.26. The van der Waals surface area contributed by atoms with Crippen LogP contribution >= 0.6 is 0 Å². The lowest BCUT2D eigenvalue weighted by Gasteiger charge is -2.11. The SMILES string of the molecule is CCOc1ccccc1NC(=O)C(C#N)=Cc1ccccc1OC. The van der Waals surface area contributed by atoms with E-state index in [2.05, 4.69) is 5.32 Å². The standard InChI is InChI=1S/C19H18N2O3/c1-3-24-18-11-7-5-9-16(18)21-19(22)15(13-20)12-14-8-4-6-10-17(14)23-2/h4-12H,3H2,1-2H3,(H,21,22). The first-order valence-corrected chi connectivity index (χ1v) is 7.47. The molecule has 0 atom stereocenters. The number of nitrogens with zero attached hydrogens (tertiary/aromatic N) is 1. The Morgan fingerprint density at radius 2 is 1.83 bits per heavy atom. The topological polar surface area (TPSA) is 71.3 Å². The monoisotopic (exact) mass is 322 g/mol. The number of benzene rings is 2. The first kappa shape index (κ1) is 17.1. The van der Waals surface area contributed by atoms with E-state index in [1.165, 1.54) is 13.2 Å². The highest BCUT2D eigenvalue weighted by Crippen LogP contribution is 2.25. The second kappa shape index (κ2) is 8.39. The number of nitrogens with one attached hydrogen (secondary N) is 1. The van der Waals surface area contributed by atoms with Crippen LogP contribution in [0.5, 0.6) is 11.5 Å². The molecule has 0 spiro atoms. The normalized spacial score (nSPS) is 10.6. The molecule has 5 nitrogen and oxygen atoms in total. The molecule has 0 unspecified atom stereocenters. The van der Waals surface area contributed by atoms with Crippen LogP contribution in [0.2, 0.25) is 0 Å². The summed E-state index contributed by atoms with van der Waals surface area (Å²) >= 11 is 0. The zero-order chi connectivity index (χ0) is 17.4. The van der Waals surface area contributed by atoms with Gasteiger partial charge in [-0.1, -0.05) is 30.3 Å². The molecule has 0 heterocycles. The number of anilines is 1. The van der Waals surface area contributed by atoms with Crippen LogP contribution < -0.4 is 14.8 Å². The third-order valence-corrected chi connectivity index (χ3v) is 3.24. The molecule has 1 N–H and O–H groups in total. The van der Waals surface area contributed by atoms with Crippen molar-refractivity contribution in [3.05, 3.63) is 59.7 Å². The van der Waals surface area contributed by atoms with Crippen molar-refractivity contribution in [1.29, 1.82) is 5.26 Å². The van der Waals surface area contributed by atoms with E-state index in [0.29, 0.717) is 29.4 Å². The summed E-state index contributed by atoms with van der Waals surface area (Å²) in [5, 5.41) is 12.0. The Morgan fingerprint density at radius 3 is 2.50 bits per heavy atom. The highest BCUT2D eigenvalue weighted by atomic mass is 16.5. The third kappa shape index (κ3) is 4.14. The minimum absolute atomic E-state index is 0.0224.